The van der Waals surface area contributed by atoms with Crippen molar-refractivity contribution >= 4 is 5.78 Å². The first-order valence-corrected chi connectivity index (χ1v) is 5.86. The molecule has 1 aliphatic rings. The molecular formula is C14H19NO. The molecule has 2 N–H and O–H groups in total. The van der Waals surface area contributed by atoms with Crippen LogP contribution in [0, 0.1) is 26.7 Å². The second-order valence-corrected chi connectivity index (χ2v) is 5.07. The lowest BCUT2D eigenvalue weighted by molar-refractivity contribution is 0.0831. The molecule has 0 aliphatic heterocycles. The highest BCUT2D eigenvalue weighted by molar-refractivity contribution is 6.01. The van der Waals surface area contributed by atoms with Crippen molar-refractivity contribution in [1.82, 2.24) is 0 Å². The summed E-state index contributed by atoms with van der Waals surface area (Å²) in [5.41, 5.74) is 10.1. The third-order valence-corrected chi connectivity index (χ3v) is 3.47. The van der Waals surface area contributed by atoms with E-state index >= 15 is 0 Å². The van der Waals surface area contributed by atoms with E-state index in [0.29, 0.717) is 0 Å². The highest BCUT2D eigenvalue weighted by Gasteiger charge is 2.33. The van der Waals surface area contributed by atoms with Gasteiger partial charge in [-0.1, -0.05) is 17.7 Å². The smallest absolute Gasteiger partial charge is 0.166 e. The monoisotopic (exact) mass is 217 g/mol. The quantitative estimate of drug-likeness (QED) is 0.773. The van der Waals surface area contributed by atoms with Crippen molar-refractivity contribution < 1.29 is 4.79 Å². The van der Waals surface area contributed by atoms with Crippen LogP contribution in [-0.2, 0) is 0 Å². The Kier molecular flexibility index (Phi) is 2.85. The van der Waals surface area contributed by atoms with Gasteiger partial charge >= 0.3 is 0 Å². The predicted molar refractivity (Wildman–Crippen MR) is 65.7 cm³/mol. The van der Waals surface area contributed by atoms with E-state index in [4.69, 9.17) is 5.73 Å². The lowest BCUT2D eigenvalue weighted by Gasteiger charge is -2.32. The molecule has 1 saturated carbocycles. The second kappa shape index (κ2) is 4.02. The molecule has 1 aliphatic carbocycles. The van der Waals surface area contributed by atoms with Crippen molar-refractivity contribution in [2.24, 2.45) is 11.7 Å². The van der Waals surface area contributed by atoms with Gasteiger partial charge in [0.15, 0.2) is 5.78 Å². The molecule has 0 spiro atoms. The number of aryl methyl sites for hydroxylation is 3. The third kappa shape index (κ3) is 1.90. The number of hydrogen-bond donors (Lipinski definition) is 1. The fraction of sp³-hybridized carbons (Fsp3) is 0.500. The Morgan fingerprint density at radius 3 is 2.12 bits per heavy atom. The molecule has 0 radical (unpaired) electrons. The fourth-order valence-corrected chi connectivity index (χ4v) is 2.65. The Balaban J connectivity index is 2.30. The zero-order chi connectivity index (χ0) is 11.9. The maximum atomic E-state index is 12.3. The van der Waals surface area contributed by atoms with Crippen molar-refractivity contribution in [2.75, 3.05) is 0 Å². The van der Waals surface area contributed by atoms with Gasteiger partial charge in [-0.2, -0.15) is 0 Å². The lowest BCUT2D eigenvalue weighted by Crippen LogP contribution is -2.40. The summed E-state index contributed by atoms with van der Waals surface area (Å²) in [6.07, 6.45) is 1.71. The SMILES string of the molecule is Cc1cc(C)c(C(=O)C2CC(N)C2)c(C)c1. The molecule has 86 valence electrons. The molecule has 16 heavy (non-hydrogen) atoms. The molecule has 0 amide bonds. The third-order valence-electron chi connectivity index (χ3n) is 3.47. The van der Waals surface area contributed by atoms with Crippen LogP contribution >= 0.6 is 0 Å². The van der Waals surface area contributed by atoms with Gasteiger partial charge in [-0.05, 0) is 44.7 Å². The van der Waals surface area contributed by atoms with Crippen LogP contribution in [0.2, 0.25) is 0 Å². The molecule has 1 aromatic carbocycles. The molecule has 2 rings (SSSR count). The summed E-state index contributed by atoms with van der Waals surface area (Å²) in [6.45, 7) is 6.10. The van der Waals surface area contributed by atoms with E-state index in [1.165, 1.54) is 5.56 Å². The molecule has 1 fully saturated rings. The molecule has 1 aromatic rings. The van der Waals surface area contributed by atoms with E-state index in [1.54, 1.807) is 0 Å². The summed E-state index contributed by atoms with van der Waals surface area (Å²) in [5.74, 6) is 0.451. The van der Waals surface area contributed by atoms with Crippen LogP contribution in [0.25, 0.3) is 0 Å². The number of hydrogen-bond acceptors (Lipinski definition) is 2. The van der Waals surface area contributed by atoms with Crippen LogP contribution < -0.4 is 5.73 Å². The Morgan fingerprint density at radius 2 is 1.69 bits per heavy atom. The minimum absolute atomic E-state index is 0.162. The number of Topliss-reactive ketones (excluding diaryl/α,β-unsaturated/α-hetero) is 1. The molecule has 0 saturated heterocycles. The highest BCUT2D eigenvalue weighted by Crippen LogP contribution is 2.31. The van der Waals surface area contributed by atoms with Crippen molar-refractivity contribution in [3.05, 3.63) is 34.4 Å². The zero-order valence-electron chi connectivity index (χ0n) is 10.2. The minimum Gasteiger partial charge on any atom is -0.328 e. The average Bonchev–Trinajstić information content (AvgIpc) is 2.10. The van der Waals surface area contributed by atoms with Gasteiger partial charge in [-0.25, -0.2) is 0 Å². The summed E-state index contributed by atoms with van der Waals surface area (Å²) < 4.78 is 0. The molecule has 0 bridgehead atoms. The van der Waals surface area contributed by atoms with E-state index in [0.717, 1.165) is 29.5 Å². The van der Waals surface area contributed by atoms with E-state index in [1.807, 2.05) is 13.8 Å². The van der Waals surface area contributed by atoms with E-state index in [-0.39, 0.29) is 17.7 Å². The van der Waals surface area contributed by atoms with Gasteiger partial charge in [0.1, 0.15) is 0 Å². The topological polar surface area (TPSA) is 43.1 Å². The summed E-state index contributed by atoms with van der Waals surface area (Å²) in [5, 5.41) is 0. The zero-order valence-corrected chi connectivity index (χ0v) is 10.2. The molecule has 0 aromatic heterocycles. The predicted octanol–water partition coefficient (Wildman–Crippen LogP) is 2.53. The number of carbonyl (C=O) groups is 1. The Hall–Kier alpha value is -1.15. The minimum atomic E-state index is 0.162. The van der Waals surface area contributed by atoms with E-state index in [9.17, 15) is 4.79 Å². The van der Waals surface area contributed by atoms with Crippen molar-refractivity contribution in [2.45, 2.75) is 39.7 Å². The van der Waals surface area contributed by atoms with Crippen molar-refractivity contribution in [3.63, 3.8) is 0 Å². The molecule has 0 unspecified atom stereocenters. The second-order valence-electron chi connectivity index (χ2n) is 5.07. The fourth-order valence-electron chi connectivity index (χ4n) is 2.65. The van der Waals surface area contributed by atoms with Crippen molar-refractivity contribution in [3.8, 4) is 0 Å². The van der Waals surface area contributed by atoms with Crippen LogP contribution in [0.15, 0.2) is 12.1 Å². The van der Waals surface area contributed by atoms with Gasteiger partial charge in [0.05, 0.1) is 0 Å². The van der Waals surface area contributed by atoms with E-state index in [2.05, 4.69) is 19.1 Å². The molecule has 0 atom stereocenters. The molecule has 0 heterocycles. The van der Waals surface area contributed by atoms with Gasteiger partial charge in [0.2, 0.25) is 0 Å². The van der Waals surface area contributed by atoms with Crippen LogP contribution in [0.3, 0.4) is 0 Å². The number of rotatable bonds is 2. The first-order chi connectivity index (χ1) is 7.49. The first kappa shape index (κ1) is 11.3. The Bertz CT molecular complexity index is 407. The van der Waals surface area contributed by atoms with Crippen LogP contribution in [0.5, 0.6) is 0 Å². The largest absolute Gasteiger partial charge is 0.328 e. The maximum Gasteiger partial charge on any atom is 0.166 e. The molecular weight excluding hydrogens is 198 g/mol. The van der Waals surface area contributed by atoms with Crippen molar-refractivity contribution in [1.29, 1.82) is 0 Å². The summed E-state index contributed by atoms with van der Waals surface area (Å²) in [4.78, 5) is 12.3. The number of carbonyl (C=O) groups excluding carboxylic acids is 1. The average molecular weight is 217 g/mol. The van der Waals surface area contributed by atoms with Crippen LogP contribution in [0.1, 0.15) is 39.9 Å². The van der Waals surface area contributed by atoms with Gasteiger partial charge in [0, 0.05) is 17.5 Å². The van der Waals surface area contributed by atoms with Gasteiger partial charge in [-0.3, -0.25) is 4.79 Å². The molecule has 2 heteroatoms. The van der Waals surface area contributed by atoms with Gasteiger partial charge in [-0.15, -0.1) is 0 Å². The molecule has 2 nitrogen and oxygen atoms in total. The van der Waals surface area contributed by atoms with E-state index < -0.39 is 0 Å². The van der Waals surface area contributed by atoms with Gasteiger partial charge in [0.25, 0.3) is 0 Å². The number of benzene rings is 1. The first-order valence-electron chi connectivity index (χ1n) is 5.86. The standard InChI is InChI=1S/C14H19NO/c1-8-4-9(2)13(10(3)5-8)14(16)11-6-12(15)7-11/h4-5,11-12H,6-7,15H2,1-3H3. The Morgan fingerprint density at radius 1 is 1.19 bits per heavy atom. The number of ketones is 1. The normalized spacial score (nSPS) is 24.0. The summed E-state index contributed by atoms with van der Waals surface area (Å²) in [6, 6.07) is 4.40. The highest BCUT2D eigenvalue weighted by atomic mass is 16.1. The summed E-state index contributed by atoms with van der Waals surface area (Å²) >= 11 is 0. The van der Waals surface area contributed by atoms with Gasteiger partial charge < -0.3 is 5.73 Å². The number of nitrogens with two attached hydrogens (primary N) is 1. The Labute approximate surface area is 96.8 Å². The van der Waals surface area contributed by atoms with Crippen LogP contribution in [0.4, 0.5) is 0 Å². The summed E-state index contributed by atoms with van der Waals surface area (Å²) in [7, 11) is 0. The maximum absolute atomic E-state index is 12.3. The van der Waals surface area contributed by atoms with Crippen LogP contribution in [-0.4, -0.2) is 11.8 Å². The lowest BCUT2D eigenvalue weighted by atomic mass is 9.75.